The maximum atomic E-state index is 4.52. The van der Waals surface area contributed by atoms with E-state index in [-0.39, 0.29) is 0 Å². The molecular formula is C32H26Br2N12. The largest absolute Gasteiger partial charge is 0.379 e. The van der Waals surface area contributed by atoms with Crippen molar-refractivity contribution in [2.75, 3.05) is 10.6 Å². The van der Waals surface area contributed by atoms with E-state index in [1.54, 1.807) is 31.1 Å². The molecule has 8 rings (SSSR count). The number of hydrogen-bond acceptors (Lipinski definition) is 8. The number of pyridine rings is 2. The van der Waals surface area contributed by atoms with Crippen molar-refractivity contribution in [3.8, 4) is 22.8 Å². The van der Waals surface area contributed by atoms with Gasteiger partial charge in [0.05, 0.1) is 36.1 Å². The number of halogens is 2. The Morgan fingerprint density at radius 1 is 0.630 bits per heavy atom. The zero-order valence-electron chi connectivity index (χ0n) is 24.1. The summed E-state index contributed by atoms with van der Waals surface area (Å²) in [7, 11) is 0. The van der Waals surface area contributed by atoms with Crippen molar-refractivity contribution in [1.82, 2.24) is 49.8 Å². The quantitative estimate of drug-likeness (QED) is 0.0937. The topological polar surface area (TPSA) is 165 Å². The summed E-state index contributed by atoms with van der Waals surface area (Å²) in [5.41, 5.74) is 8.40. The number of benzene rings is 2. The first-order chi connectivity index (χ1) is 22.6. The average molecular weight is 738 g/mol. The third-order valence-electron chi connectivity index (χ3n) is 6.98. The first-order valence-electron chi connectivity index (χ1n) is 14.2. The van der Waals surface area contributed by atoms with Crippen LogP contribution in [-0.4, -0.2) is 49.8 Å². The minimum atomic E-state index is 0.662. The Labute approximate surface area is 279 Å². The van der Waals surface area contributed by atoms with Crippen molar-refractivity contribution in [3.63, 3.8) is 0 Å². The van der Waals surface area contributed by atoms with Gasteiger partial charge in [-0.15, -0.1) is 0 Å². The molecular weight excluding hydrogens is 712 g/mol. The van der Waals surface area contributed by atoms with Crippen LogP contribution >= 0.6 is 31.9 Å². The van der Waals surface area contributed by atoms with Crippen molar-refractivity contribution in [2.24, 2.45) is 0 Å². The van der Waals surface area contributed by atoms with Crippen molar-refractivity contribution >= 4 is 65.6 Å². The van der Waals surface area contributed by atoms with E-state index in [1.807, 2.05) is 66.9 Å². The summed E-state index contributed by atoms with van der Waals surface area (Å²) in [5, 5.41) is 6.66. The van der Waals surface area contributed by atoms with Gasteiger partial charge in [-0.3, -0.25) is 0 Å². The van der Waals surface area contributed by atoms with Crippen LogP contribution in [0.2, 0.25) is 0 Å². The van der Waals surface area contributed by atoms with Crippen LogP contribution in [0.3, 0.4) is 0 Å². The van der Waals surface area contributed by atoms with Gasteiger partial charge < -0.3 is 30.6 Å². The molecule has 228 valence electrons. The molecule has 8 aromatic rings. The lowest BCUT2D eigenvalue weighted by atomic mass is 10.2. The Morgan fingerprint density at radius 3 is 1.70 bits per heavy atom. The number of nitrogens with zero attached hydrogens (tertiary/aromatic N) is 6. The first kappa shape index (κ1) is 29.4. The molecule has 14 heteroatoms. The maximum absolute atomic E-state index is 4.52. The van der Waals surface area contributed by atoms with Gasteiger partial charge in [-0.05, 0) is 92.5 Å². The molecule has 0 atom stereocenters. The number of anilines is 2. The van der Waals surface area contributed by atoms with Crippen LogP contribution in [0.1, 0.15) is 11.5 Å². The summed E-state index contributed by atoms with van der Waals surface area (Å²) in [6, 6.07) is 20.2. The molecule has 46 heavy (non-hydrogen) atoms. The molecule has 6 heterocycles. The number of aromatic nitrogens is 10. The molecule has 0 aliphatic carbocycles. The zero-order chi connectivity index (χ0) is 31.3. The van der Waals surface area contributed by atoms with Crippen molar-refractivity contribution in [1.29, 1.82) is 0 Å². The molecule has 0 saturated heterocycles. The number of imidazole rings is 4. The van der Waals surface area contributed by atoms with Crippen LogP contribution in [0.25, 0.3) is 45.1 Å². The monoisotopic (exact) mass is 736 g/mol. The molecule has 0 unspecified atom stereocenters. The van der Waals surface area contributed by atoms with Gasteiger partial charge in [-0.25, -0.2) is 29.9 Å². The van der Waals surface area contributed by atoms with Gasteiger partial charge in [0.25, 0.3) is 0 Å². The summed E-state index contributed by atoms with van der Waals surface area (Å²) in [5.74, 6) is 2.52. The van der Waals surface area contributed by atoms with Gasteiger partial charge in [-0.2, -0.15) is 0 Å². The highest BCUT2D eigenvalue weighted by atomic mass is 79.9. The van der Waals surface area contributed by atoms with E-state index >= 15 is 0 Å². The van der Waals surface area contributed by atoms with Crippen LogP contribution < -0.4 is 10.6 Å². The highest BCUT2D eigenvalue weighted by Crippen LogP contribution is 2.24. The van der Waals surface area contributed by atoms with E-state index in [0.29, 0.717) is 24.4 Å². The molecule has 0 saturated carbocycles. The minimum absolute atomic E-state index is 0.662. The first-order valence-corrected chi connectivity index (χ1v) is 15.8. The second-order valence-electron chi connectivity index (χ2n) is 10.2. The molecule has 0 spiro atoms. The Hall–Kier alpha value is -5.34. The summed E-state index contributed by atoms with van der Waals surface area (Å²) in [6.45, 7) is 1.37. The van der Waals surface area contributed by atoms with E-state index < -0.39 is 0 Å². The second-order valence-corrected chi connectivity index (χ2v) is 12.0. The molecule has 0 fully saturated rings. The molecule has 12 nitrogen and oxygen atoms in total. The second kappa shape index (κ2) is 13.3. The van der Waals surface area contributed by atoms with Gasteiger partial charge in [-0.1, -0.05) is 0 Å². The Bertz CT molecular complexity index is 2010. The van der Waals surface area contributed by atoms with Gasteiger partial charge in [0.1, 0.15) is 17.5 Å². The molecule has 0 amide bonds. The molecule has 0 aliphatic rings. The lowest BCUT2D eigenvalue weighted by molar-refractivity contribution is 1.00. The van der Waals surface area contributed by atoms with Gasteiger partial charge in [0, 0.05) is 62.4 Å². The van der Waals surface area contributed by atoms with Crippen molar-refractivity contribution in [3.05, 3.63) is 118 Å². The van der Waals surface area contributed by atoms with Crippen LogP contribution in [0, 0.1) is 0 Å². The lowest BCUT2D eigenvalue weighted by Gasteiger charge is -2.05. The summed E-state index contributed by atoms with van der Waals surface area (Å²) in [6.07, 6.45) is 10.5. The fourth-order valence-electron chi connectivity index (χ4n) is 4.67. The fraction of sp³-hybridized carbons (Fsp3) is 0.0625. The smallest absolute Gasteiger partial charge is 0.178 e. The normalized spacial score (nSPS) is 11.0. The molecule has 6 aromatic heterocycles. The van der Waals surface area contributed by atoms with Crippen LogP contribution in [0.4, 0.5) is 11.4 Å². The van der Waals surface area contributed by atoms with E-state index in [0.717, 1.165) is 65.6 Å². The van der Waals surface area contributed by atoms with Crippen LogP contribution in [0.5, 0.6) is 0 Å². The van der Waals surface area contributed by atoms with Gasteiger partial charge in [0.15, 0.2) is 11.3 Å². The predicted octanol–water partition coefficient (Wildman–Crippen LogP) is 7.45. The number of rotatable bonds is 8. The Balaban J connectivity index is 0.000000147. The van der Waals surface area contributed by atoms with Crippen LogP contribution in [-0.2, 0) is 13.1 Å². The number of nitrogens with one attached hydrogen (secondary N) is 6. The van der Waals surface area contributed by atoms with E-state index in [1.165, 1.54) is 0 Å². The van der Waals surface area contributed by atoms with Gasteiger partial charge in [0.2, 0.25) is 0 Å². The number of hydrogen-bond donors (Lipinski definition) is 6. The summed E-state index contributed by atoms with van der Waals surface area (Å²) in [4.78, 5) is 38.5. The average Bonchev–Trinajstić information content (AvgIpc) is 3.91. The molecule has 2 aromatic carbocycles. The zero-order valence-corrected chi connectivity index (χ0v) is 27.3. The van der Waals surface area contributed by atoms with E-state index in [9.17, 15) is 0 Å². The number of H-pyrrole nitrogens is 4. The fourth-order valence-corrected chi connectivity index (χ4v) is 5.34. The van der Waals surface area contributed by atoms with E-state index in [4.69, 9.17) is 0 Å². The summed E-state index contributed by atoms with van der Waals surface area (Å²) >= 11 is 6.83. The standard InChI is InChI=1S/2C16H13BrN6/c17-11-5-14-16(20-6-11)23-15(22-14)10-1-3-12(4-2-10)19-8-13-7-18-9-21-13;17-11-7-13-16(21-8-11)23-15(22-13)10-1-3-12(4-2-10)20-9-14-18-5-6-19-14/h1-7,9,19H,8H2,(H,18,21)(H,20,22,23);1-8,20H,9H2,(H,18,19)(H,21,22,23). The minimum Gasteiger partial charge on any atom is -0.379 e. The third-order valence-corrected chi connectivity index (χ3v) is 7.84. The van der Waals surface area contributed by atoms with Crippen molar-refractivity contribution < 1.29 is 0 Å². The number of aromatic amines is 4. The number of fused-ring (bicyclic) bond motifs is 2. The predicted molar refractivity (Wildman–Crippen MR) is 186 cm³/mol. The molecule has 0 bridgehead atoms. The lowest BCUT2D eigenvalue weighted by Crippen LogP contribution is -2.00. The Kier molecular flexibility index (Phi) is 8.52. The Morgan fingerprint density at radius 2 is 1.20 bits per heavy atom. The molecule has 0 radical (unpaired) electrons. The van der Waals surface area contributed by atoms with Crippen LogP contribution in [0.15, 0.2) is 107 Å². The summed E-state index contributed by atoms with van der Waals surface area (Å²) < 4.78 is 1.86. The highest BCUT2D eigenvalue weighted by molar-refractivity contribution is 9.10. The van der Waals surface area contributed by atoms with E-state index in [2.05, 4.69) is 92.3 Å². The maximum Gasteiger partial charge on any atom is 0.178 e. The molecule has 6 N–H and O–H groups in total. The van der Waals surface area contributed by atoms with Crippen molar-refractivity contribution in [2.45, 2.75) is 13.1 Å². The molecule has 0 aliphatic heterocycles. The third kappa shape index (κ3) is 6.98. The highest BCUT2D eigenvalue weighted by Gasteiger charge is 2.08. The SMILES string of the molecule is Brc1cnc2nc(-c3ccc(NCc4cnc[nH]4)cc3)[nH]c2c1.Brc1cnc2nc(-c3ccc(NCc4ncc[nH]4)cc3)[nH]c2c1. The van der Waals surface area contributed by atoms with Gasteiger partial charge >= 0.3 is 0 Å².